The largest absolute Gasteiger partial charge is 0.365 e. The first-order valence-corrected chi connectivity index (χ1v) is 7.46. The van der Waals surface area contributed by atoms with E-state index in [0.717, 1.165) is 36.4 Å². The molecule has 1 saturated heterocycles. The van der Waals surface area contributed by atoms with Crippen molar-refractivity contribution < 1.29 is 0 Å². The Balaban J connectivity index is 1.70. The van der Waals surface area contributed by atoms with Crippen LogP contribution in [0.2, 0.25) is 5.15 Å². The smallest absolute Gasteiger partial charge is 0.159 e. The van der Waals surface area contributed by atoms with Crippen LogP contribution in [0.25, 0.3) is 16.9 Å². The molecule has 3 aromatic heterocycles. The highest BCUT2D eigenvalue weighted by atomic mass is 35.5. The minimum absolute atomic E-state index is 0.391. The van der Waals surface area contributed by atoms with Crippen molar-refractivity contribution in [3.63, 3.8) is 0 Å². The second kappa shape index (κ2) is 5.51. The van der Waals surface area contributed by atoms with Gasteiger partial charge in [0.2, 0.25) is 0 Å². The lowest BCUT2D eigenvalue weighted by atomic mass is 10.3. The monoisotopic (exact) mass is 315 g/mol. The minimum atomic E-state index is 0.391. The molecule has 0 bridgehead atoms. The second-order valence-corrected chi connectivity index (χ2v) is 5.59. The highest BCUT2D eigenvalue weighted by Gasteiger charge is 2.15. The minimum Gasteiger partial charge on any atom is -0.365 e. The molecular weight excluding hydrogens is 302 g/mol. The summed E-state index contributed by atoms with van der Waals surface area (Å²) in [4.78, 5) is 17.2. The number of nitrogens with one attached hydrogen (secondary N) is 2. The highest BCUT2D eigenvalue weighted by Crippen LogP contribution is 2.19. The third-order valence-electron chi connectivity index (χ3n) is 3.68. The predicted octanol–water partition coefficient (Wildman–Crippen LogP) is 1.64. The number of halogens is 1. The molecule has 112 valence electrons. The molecular formula is C14H14ClN7. The van der Waals surface area contributed by atoms with Crippen molar-refractivity contribution in [1.82, 2.24) is 29.8 Å². The van der Waals surface area contributed by atoms with Gasteiger partial charge in [-0.15, -0.1) is 0 Å². The van der Waals surface area contributed by atoms with E-state index in [9.17, 15) is 0 Å². The average Bonchev–Trinajstić information content (AvgIpc) is 3.16. The molecule has 0 aliphatic carbocycles. The summed E-state index contributed by atoms with van der Waals surface area (Å²) in [5.41, 5.74) is 1.62. The van der Waals surface area contributed by atoms with Crippen molar-refractivity contribution in [3.8, 4) is 5.82 Å². The Morgan fingerprint density at radius 2 is 2.23 bits per heavy atom. The van der Waals surface area contributed by atoms with E-state index in [1.54, 1.807) is 31.0 Å². The Kier molecular flexibility index (Phi) is 3.36. The van der Waals surface area contributed by atoms with Crippen LogP contribution in [0, 0.1) is 0 Å². The zero-order valence-electron chi connectivity index (χ0n) is 11.7. The van der Waals surface area contributed by atoms with Gasteiger partial charge in [-0.2, -0.15) is 0 Å². The molecule has 0 amide bonds. The molecule has 1 aliphatic rings. The van der Waals surface area contributed by atoms with Crippen LogP contribution < -0.4 is 10.6 Å². The molecule has 0 radical (unpaired) electrons. The molecule has 4 heterocycles. The maximum Gasteiger partial charge on any atom is 0.159 e. The third-order valence-corrected chi connectivity index (χ3v) is 3.89. The molecule has 2 N–H and O–H groups in total. The summed E-state index contributed by atoms with van der Waals surface area (Å²) >= 11 is 5.97. The van der Waals surface area contributed by atoms with E-state index in [-0.39, 0.29) is 0 Å². The van der Waals surface area contributed by atoms with Crippen LogP contribution in [0.1, 0.15) is 6.42 Å². The normalized spacial score (nSPS) is 18.0. The number of pyridine rings is 1. The Morgan fingerprint density at radius 3 is 3.09 bits per heavy atom. The number of fused-ring (bicyclic) bond motifs is 1. The number of hydrogen-bond donors (Lipinski definition) is 2. The van der Waals surface area contributed by atoms with Crippen molar-refractivity contribution in [2.75, 3.05) is 18.4 Å². The number of aromatic nitrogens is 5. The number of rotatable bonds is 3. The lowest BCUT2D eigenvalue weighted by Crippen LogP contribution is -2.23. The standard InChI is InChI=1S/C14H14ClN7/c15-12-3-11-10(5-18-12)19-8-22(11)14-7-17-6-13(21-14)20-9-1-2-16-4-9/h3,5-9,16H,1-2,4H2,(H,20,21)/t9-/m1/s1. The van der Waals surface area contributed by atoms with E-state index < -0.39 is 0 Å². The molecule has 0 saturated carbocycles. The number of hydrogen-bond acceptors (Lipinski definition) is 6. The molecule has 8 heteroatoms. The fraction of sp³-hybridized carbons (Fsp3) is 0.286. The first-order valence-electron chi connectivity index (χ1n) is 7.08. The van der Waals surface area contributed by atoms with Gasteiger partial charge in [0.1, 0.15) is 22.8 Å². The SMILES string of the molecule is Clc1cc2c(cn1)ncn2-c1cncc(N[C@@H]2CCNC2)n1. The van der Waals surface area contributed by atoms with Crippen LogP contribution in [-0.4, -0.2) is 43.6 Å². The fourth-order valence-corrected chi connectivity index (χ4v) is 2.75. The van der Waals surface area contributed by atoms with Gasteiger partial charge in [0, 0.05) is 18.7 Å². The van der Waals surface area contributed by atoms with Crippen LogP contribution in [0.4, 0.5) is 5.82 Å². The number of anilines is 1. The molecule has 22 heavy (non-hydrogen) atoms. The summed E-state index contributed by atoms with van der Waals surface area (Å²) in [6.07, 6.45) is 7.87. The predicted molar refractivity (Wildman–Crippen MR) is 84.4 cm³/mol. The maximum atomic E-state index is 5.97. The first kappa shape index (κ1) is 13.4. The van der Waals surface area contributed by atoms with Gasteiger partial charge in [-0.3, -0.25) is 9.55 Å². The molecule has 0 unspecified atom stereocenters. The van der Waals surface area contributed by atoms with E-state index in [1.807, 2.05) is 4.57 Å². The van der Waals surface area contributed by atoms with Crippen LogP contribution in [0.15, 0.2) is 31.0 Å². The molecule has 1 fully saturated rings. The Hall–Kier alpha value is -2.25. The van der Waals surface area contributed by atoms with Crippen LogP contribution in [0.3, 0.4) is 0 Å². The summed E-state index contributed by atoms with van der Waals surface area (Å²) in [5, 5.41) is 7.14. The van der Waals surface area contributed by atoms with Crippen LogP contribution in [0.5, 0.6) is 0 Å². The lowest BCUT2D eigenvalue weighted by Gasteiger charge is -2.12. The van der Waals surface area contributed by atoms with E-state index in [2.05, 4.69) is 30.6 Å². The van der Waals surface area contributed by atoms with E-state index in [0.29, 0.717) is 17.0 Å². The third kappa shape index (κ3) is 2.49. The second-order valence-electron chi connectivity index (χ2n) is 5.21. The summed E-state index contributed by atoms with van der Waals surface area (Å²) in [6.45, 7) is 1.98. The van der Waals surface area contributed by atoms with Crippen molar-refractivity contribution >= 4 is 28.5 Å². The molecule has 4 rings (SSSR count). The Labute approximate surface area is 131 Å². The summed E-state index contributed by atoms with van der Waals surface area (Å²) in [6, 6.07) is 2.16. The average molecular weight is 316 g/mol. The van der Waals surface area contributed by atoms with Gasteiger partial charge >= 0.3 is 0 Å². The van der Waals surface area contributed by atoms with Gasteiger partial charge in [0.15, 0.2) is 5.82 Å². The fourth-order valence-electron chi connectivity index (χ4n) is 2.60. The zero-order chi connectivity index (χ0) is 14.9. The number of nitrogens with zero attached hydrogens (tertiary/aromatic N) is 5. The summed E-state index contributed by atoms with van der Waals surface area (Å²) in [7, 11) is 0. The molecule has 3 aromatic rings. The zero-order valence-corrected chi connectivity index (χ0v) is 12.5. The van der Waals surface area contributed by atoms with Gasteiger partial charge in [-0.25, -0.2) is 15.0 Å². The molecule has 1 atom stereocenters. The quantitative estimate of drug-likeness (QED) is 0.715. The van der Waals surface area contributed by atoms with E-state index in [4.69, 9.17) is 11.6 Å². The molecule has 0 spiro atoms. The lowest BCUT2D eigenvalue weighted by molar-refractivity contribution is 0.785. The van der Waals surface area contributed by atoms with Gasteiger partial charge in [0.05, 0.1) is 24.1 Å². The maximum absolute atomic E-state index is 5.97. The van der Waals surface area contributed by atoms with Gasteiger partial charge < -0.3 is 10.6 Å². The summed E-state index contributed by atoms with van der Waals surface area (Å²) in [5.74, 6) is 1.45. The van der Waals surface area contributed by atoms with E-state index >= 15 is 0 Å². The molecule has 7 nitrogen and oxygen atoms in total. The Bertz CT molecular complexity index is 810. The molecule has 0 aromatic carbocycles. The van der Waals surface area contributed by atoms with Crippen LogP contribution >= 0.6 is 11.6 Å². The first-order chi connectivity index (χ1) is 10.8. The Morgan fingerprint density at radius 1 is 1.27 bits per heavy atom. The van der Waals surface area contributed by atoms with Gasteiger partial charge in [0.25, 0.3) is 0 Å². The topological polar surface area (TPSA) is 80.5 Å². The van der Waals surface area contributed by atoms with Crippen LogP contribution in [-0.2, 0) is 0 Å². The summed E-state index contributed by atoms with van der Waals surface area (Å²) < 4.78 is 1.86. The van der Waals surface area contributed by atoms with Crippen molar-refractivity contribution in [3.05, 3.63) is 36.1 Å². The van der Waals surface area contributed by atoms with Crippen molar-refractivity contribution in [2.45, 2.75) is 12.5 Å². The van der Waals surface area contributed by atoms with Crippen molar-refractivity contribution in [1.29, 1.82) is 0 Å². The van der Waals surface area contributed by atoms with Gasteiger partial charge in [-0.1, -0.05) is 11.6 Å². The van der Waals surface area contributed by atoms with E-state index in [1.165, 1.54) is 0 Å². The molecule has 1 aliphatic heterocycles. The van der Waals surface area contributed by atoms with Crippen molar-refractivity contribution in [2.24, 2.45) is 0 Å². The highest BCUT2D eigenvalue weighted by molar-refractivity contribution is 6.29. The number of imidazole rings is 1. The van der Waals surface area contributed by atoms with Gasteiger partial charge in [-0.05, 0) is 13.0 Å².